The van der Waals surface area contributed by atoms with Gasteiger partial charge in [-0.3, -0.25) is 14.7 Å². The van der Waals surface area contributed by atoms with Crippen molar-refractivity contribution in [2.75, 3.05) is 6.54 Å². The van der Waals surface area contributed by atoms with Crippen LogP contribution in [0.1, 0.15) is 31.6 Å². The fourth-order valence-electron chi connectivity index (χ4n) is 2.67. The van der Waals surface area contributed by atoms with E-state index in [-0.39, 0.29) is 24.1 Å². The number of carbonyl (C=O) groups is 2. The Bertz CT molecular complexity index is 588. The van der Waals surface area contributed by atoms with Crippen LogP contribution in [0.5, 0.6) is 0 Å². The summed E-state index contributed by atoms with van der Waals surface area (Å²) in [7, 11) is 0. The number of β-amino-alcohol motifs (C(OH)–C–C–N with tert-alkyl or cyclic N) is 1. The zero-order valence-electron chi connectivity index (χ0n) is 11.5. The molecular weight excluding hydrogens is 277 g/mol. The molecule has 1 aliphatic carbocycles. The molecule has 1 saturated heterocycles. The Balaban J connectivity index is 1.73. The summed E-state index contributed by atoms with van der Waals surface area (Å²) in [6, 6.07) is 2.00. The first-order valence-electron chi connectivity index (χ1n) is 6.85. The van der Waals surface area contributed by atoms with Crippen LogP contribution in [0.3, 0.4) is 0 Å². The van der Waals surface area contributed by atoms with Gasteiger partial charge in [-0.05, 0) is 37.8 Å². The van der Waals surface area contributed by atoms with Gasteiger partial charge in [0.1, 0.15) is 17.5 Å². The SMILES string of the molecule is CC1(C2CC2)NC(=O)N(CC(O)c2ccc(F)cn2)C1=O. The summed E-state index contributed by atoms with van der Waals surface area (Å²) in [6.07, 6.45) is 1.68. The van der Waals surface area contributed by atoms with Gasteiger partial charge in [-0.1, -0.05) is 0 Å². The van der Waals surface area contributed by atoms with Crippen LogP contribution < -0.4 is 5.32 Å². The summed E-state index contributed by atoms with van der Waals surface area (Å²) in [6.45, 7) is 1.53. The third-order valence-electron chi connectivity index (χ3n) is 4.14. The maximum Gasteiger partial charge on any atom is 0.325 e. The molecule has 3 amide bonds. The molecule has 0 radical (unpaired) electrons. The van der Waals surface area contributed by atoms with Crippen LogP contribution in [-0.2, 0) is 4.79 Å². The van der Waals surface area contributed by atoms with E-state index >= 15 is 0 Å². The van der Waals surface area contributed by atoms with E-state index in [0.29, 0.717) is 0 Å². The van der Waals surface area contributed by atoms with Gasteiger partial charge in [-0.15, -0.1) is 0 Å². The van der Waals surface area contributed by atoms with Gasteiger partial charge in [0, 0.05) is 0 Å². The third kappa shape index (κ3) is 2.37. The normalized spacial score (nSPS) is 26.9. The molecule has 2 N–H and O–H groups in total. The number of rotatable bonds is 4. The van der Waals surface area contributed by atoms with Crippen LogP contribution in [0.2, 0.25) is 0 Å². The Hall–Kier alpha value is -2.02. The summed E-state index contributed by atoms with van der Waals surface area (Å²) in [5, 5.41) is 12.8. The molecule has 3 rings (SSSR count). The number of pyridine rings is 1. The predicted octanol–water partition coefficient (Wildman–Crippen LogP) is 0.975. The number of aromatic nitrogens is 1. The van der Waals surface area contributed by atoms with Gasteiger partial charge in [0.25, 0.3) is 5.91 Å². The van der Waals surface area contributed by atoms with Crippen LogP contribution in [0.25, 0.3) is 0 Å². The maximum atomic E-state index is 12.8. The summed E-state index contributed by atoms with van der Waals surface area (Å²) in [4.78, 5) is 29.1. The summed E-state index contributed by atoms with van der Waals surface area (Å²) < 4.78 is 12.8. The number of nitrogens with zero attached hydrogens (tertiary/aromatic N) is 2. The largest absolute Gasteiger partial charge is 0.385 e. The van der Waals surface area contributed by atoms with Crippen LogP contribution in [0.4, 0.5) is 9.18 Å². The number of amides is 3. The number of carbonyl (C=O) groups excluding carboxylic acids is 2. The Kier molecular flexibility index (Phi) is 3.16. The molecule has 0 spiro atoms. The Morgan fingerprint density at radius 1 is 1.52 bits per heavy atom. The highest BCUT2D eigenvalue weighted by molar-refractivity contribution is 6.07. The number of aliphatic hydroxyl groups is 1. The van der Waals surface area contributed by atoms with Crippen molar-refractivity contribution in [3.8, 4) is 0 Å². The van der Waals surface area contributed by atoms with Crippen LogP contribution >= 0.6 is 0 Å². The van der Waals surface area contributed by atoms with Crippen LogP contribution in [-0.4, -0.2) is 39.0 Å². The molecule has 2 aliphatic rings. The maximum absolute atomic E-state index is 12.8. The molecule has 7 heteroatoms. The van der Waals surface area contributed by atoms with E-state index in [9.17, 15) is 19.1 Å². The highest BCUT2D eigenvalue weighted by atomic mass is 19.1. The molecule has 1 saturated carbocycles. The molecule has 6 nitrogen and oxygen atoms in total. The number of nitrogens with one attached hydrogen (secondary N) is 1. The quantitative estimate of drug-likeness (QED) is 0.811. The van der Waals surface area contributed by atoms with Crippen molar-refractivity contribution in [3.63, 3.8) is 0 Å². The van der Waals surface area contributed by atoms with E-state index in [1.165, 1.54) is 12.1 Å². The second-order valence-corrected chi connectivity index (χ2v) is 5.74. The Morgan fingerprint density at radius 3 is 2.81 bits per heavy atom. The number of aliphatic hydroxyl groups excluding tert-OH is 1. The third-order valence-corrected chi connectivity index (χ3v) is 4.14. The topological polar surface area (TPSA) is 82.5 Å². The zero-order valence-corrected chi connectivity index (χ0v) is 11.5. The molecule has 21 heavy (non-hydrogen) atoms. The molecule has 112 valence electrons. The van der Waals surface area contributed by atoms with Crippen molar-refractivity contribution in [1.82, 2.24) is 15.2 Å². The lowest BCUT2D eigenvalue weighted by atomic mass is 9.96. The average Bonchev–Trinajstić information content (AvgIpc) is 3.26. The van der Waals surface area contributed by atoms with Crippen LogP contribution in [0.15, 0.2) is 18.3 Å². The van der Waals surface area contributed by atoms with Gasteiger partial charge in [0.15, 0.2) is 0 Å². The minimum Gasteiger partial charge on any atom is -0.385 e. The lowest BCUT2D eigenvalue weighted by Gasteiger charge is -2.22. The predicted molar refractivity (Wildman–Crippen MR) is 70.5 cm³/mol. The van der Waals surface area contributed by atoms with E-state index in [1.54, 1.807) is 6.92 Å². The van der Waals surface area contributed by atoms with E-state index < -0.39 is 23.5 Å². The zero-order chi connectivity index (χ0) is 15.2. The highest BCUT2D eigenvalue weighted by Crippen LogP contribution is 2.42. The Labute approximate surface area is 121 Å². The van der Waals surface area contributed by atoms with Gasteiger partial charge in [0.2, 0.25) is 0 Å². The second-order valence-electron chi connectivity index (χ2n) is 5.74. The first-order chi connectivity index (χ1) is 9.91. The minimum atomic E-state index is -1.14. The standard InChI is InChI=1S/C14H16FN3O3/c1-14(8-2-3-8)12(20)18(13(21)17-14)7-11(19)10-5-4-9(15)6-16-10/h4-6,8,11,19H,2-3,7H2,1H3,(H,17,21). The second kappa shape index (κ2) is 4.77. The molecule has 0 bridgehead atoms. The van der Waals surface area contributed by atoms with E-state index in [4.69, 9.17) is 0 Å². The number of halogens is 1. The first kappa shape index (κ1) is 13.9. The van der Waals surface area contributed by atoms with Gasteiger partial charge in [-0.25, -0.2) is 9.18 Å². The number of imide groups is 1. The molecule has 2 heterocycles. The van der Waals surface area contributed by atoms with E-state index in [0.717, 1.165) is 23.9 Å². The van der Waals surface area contributed by atoms with Crippen molar-refractivity contribution >= 4 is 11.9 Å². The molecule has 2 fully saturated rings. The van der Waals surface area contributed by atoms with Crippen molar-refractivity contribution < 1.29 is 19.1 Å². The number of hydrogen-bond acceptors (Lipinski definition) is 4. The summed E-state index contributed by atoms with van der Waals surface area (Å²) >= 11 is 0. The highest BCUT2D eigenvalue weighted by Gasteiger charge is 2.56. The average molecular weight is 293 g/mol. The smallest absolute Gasteiger partial charge is 0.325 e. The monoisotopic (exact) mass is 293 g/mol. The molecule has 2 unspecified atom stereocenters. The van der Waals surface area contributed by atoms with Crippen molar-refractivity contribution in [1.29, 1.82) is 0 Å². The van der Waals surface area contributed by atoms with Gasteiger partial charge in [-0.2, -0.15) is 0 Å². The number of hydrogen-bond donors (Lipinski definition) is 2. The summed E-state index contributed by atoms with van der Waals surface area (Å²) in [5.74, 6) is -0.668. The molecule has 0 aromatic carbocycles. The van der Waals surface area contributed by atoms with Gasteiger partial charge in [0.05, 0.1) is 18.4 Å². The molecule has 1 aromatic heterocycles. The minimum absolute atomic E-state index is 0.167. The molecule has 1 aromatic rings. The Morgan fingerprint density at radius 2 is 2.24 bits per heavy atom. The molecule has 1 aliphatic heterocycles. The lowest BCUT2D eigenvalue weighted by Crippen LogP contribution is -2.46. The van der Waals surface area contributed by atoms with Crippen molar-refractivity contribution in [2.45, 2.75) is 31.4 Å². The van der Waals surface area contributed by atoms with E-state index in [2.05, 4.69) is 10.3 Å². The fourth-order valence-corrected chi connectivity index (χ4v) is 2.67. The van der Waals surface area contributed by atoms with Crippen LogP contribution in [0, 0.1) is 11.7 Å². The van der Waals surface area contributed by atoms with Crippen molar-refractivity contribution in [3.05, 3.63) is 29.8 Å². The number of urea groups is 1. The van der Waals surface area contributed by atoms with Gasteiger partial charge < -0.3 is 10.4 Å². The molecule has 2 atom stereocenters. The van der Waals surface area contributed by atoms with Crippen molar-refractivity contribution in [2.24, 2.45) is 5.92 Å². The van der Waals surface area contributed by atoms with E-state index in [1.807, 2.05) is 0 Å². The summed E-state index contributed by atoms with van der Waals surface area (Å²) in [5.41, 5.74) is -0.649. The van der Waals surface area contributed by atoms with Gasteiger partial charge >= 0.3 is 6.03 Å². The first-order valence-corrected chi connectivity index (χ1v) is 6.85. The fraction of sp³-hybridized carbons (Fsp3) is 0.500. The lowest BCUT2D eigenvalue weighted by molar-refractivity contribution is -0.132. The molecular formula is C14H16FN3O3.